The van der Waals surface area contributed by atoms with Crippen molar-refractivity contribution in [2.24, 2.45) is 0 Å². The maximum absolute atomic E-state index is 11.7. The lowest BCUT2D eigenvalue weighted by atomic mass is 10.1. The fourth-order valence-corrected chi connectivity index (χ4v) is 2.09. The molecule has 2 aromatic rings. The van der Waals surface area contributed by atoms with Crippen LogP contribution in [0.3, 0.4) is 0 Å². The molecule has 1 aromatic carbocycles. The van der Waals surface area contributed by atoms with Crippen LogP contribution in [-0.2, 0) is 24.4 Å². The molecule has 0 radical (unpaired) electrons. The van der Waals surface area contributed by atoms with Gasteiger partial charge in [-0.3, -0.25) is 4.79 Å². The number of aromatic nitrogens is 2. The zero-order chi connectivity index (χ0) is 14.9. The number of benzene rings is 1. The Bertz CT molecular complexity index is 535. The number of nitrogens with one attached hydrogen (secondary N) is 1. The first-order valence-electron chi connectivity index (χ1n) is 7.19. The molecule has 1 aromatic heterocycles. The van der Waals surface area contributed by atoms with E-state index in [0.717, 1.165) is 30.5 Å². The van der Waals surface area contributed by atoms with Crippen molar-refractivity contribution >= 4 is 5.91 Å². The van der Waals surface area contributed by atoms with Gasteiger partial charge in [-0.1, -0.05) is 24.3 Å². The molecule has 0 aliphatic heterocycles. The van der Waals surface area contributed by atoms with Crippen LogP contribution in [0.1, 0.15) is 24.0 Å². The SMILES string of the molecule is O=C(CCCn1ccnc1)NCCc1ccc(CO)cc1. The molecule has 5 heteroatoms. The van der Waals surface area contributed by atoms with Gasteiger partial charge < -0.3 is 15.0 Å². The van der Waals surface area contributed by atoms with Crippen molar-refractivity contribution in [2.75, 3.05) is 6.54 Å². The van der Waals surface area contributed by atoms with Gasteiger partial charge in [0.25, 0.3) is 0 Å². The maximum Gasteiger partial charge on any atom is 0.220 e. The van der Waals surface area contributed by atoms with E-state index in [1.807, 2.05) is 35.0 Å². The van der Waals surface area contributed by atoms with Crippen molar-refractivity contribution in [1.82, 2.24) is 14.9 Å². The fourth-order valence-electron chi connectivity index (χ4n) is 2.09. The molecule has 0 fully saturated rings. The summed E-state index contributed by atoms with van der Waals surface area (Å²) in [6.45, 7) is 1.52. The summed E-state index contributed by atoms with van der Waals surface area (Å²) in [4.78, 5) is 15.7. The first kappa shape index (κ1) is 15.3. The first-order valence-corrected chi connectivity index (χ1v) is 7.19. The van der Waals surface area contributed by atoms with E-state index in [-0.39, 0.29) is 12.5 Å². The van der Waals surface area contributed by atoms with Crippen molar-refractivity contribution < 1.29 is 9.90 Å². The number of carbonyl (C=O) groups is 1. The topological polar surface area (TPSA) is 67.2 Å². The zero-order valence-electron chi connectivity index (χ0n) is 12.0. The Morgan fingerprint density at radius 3 is 2.67 bits per heavy atom. The number of hydrogen-bond donors (Lipinski definition) is 2. The van der Waals surface area contributed by atoms with Gasteiger partial charge in [-0.05, 0) is 24.0 Å². The molecule has 1 heterocycles. The average molecular weight is 287 g/mol. The minimum Gasteiger partial charge on any atom is -0.392 e. The minimum atomic E-state index is 0.0634. The molecule has 0 atom stereocenters. The highest BCUT2D eigenvalue weighted by molar-refractivity contribution is 5.75. The highest BCUT2D eigenvalue weighted by Crippen LogP contribution is 2.04. The Morgan fingerprint density at radius 2 is 2.00 bits per heavy atom. The highest BCUT2D eigenvalue weighted by atomic mass is 16.3. The van der Waals surface area contributed by atoms with Crippen LogP contribution in [0.15, 0.2) is 43.0 Å². The van der Waals surface area contributed by atoms with Crippen LogP contribution >= 0.6 is 0 Å². The smallest absolute Gasteiger partial charge is 0.220 e. The predicted molar refractivity (Wildman–Crippen MR) is 80.5 cm³/mol. The number of rotatable bonds is 8. The van der Waals surface area contributed by atoms with Gasteiger partial charge in [0.05, 0.1) is 12.9 Å². The number of nitrogens with zero attached hydrogens (tertiary/aromatic N) is 2. The number of imidazole rings is 1. The quantitative estimate of drug-likeness (QED) is 0.773. The standard InChI is InChI=1S/C16H21N3O2/c20-12-15-5-3-14(4-6-15)7-8-18-16(21)2-1-10-19-11-9-17-13-19/h3-6,9,11,13,20H,1-2,7-8,10,12H2,(H,18,21). The van der Waals surface area contributed by atoms with E-state index in [2.05, 4.69) is 10.3 Å². The summed E-state index contributed by atoms with van der Waals surface area (Å²) in [7, 11) is 0. The molecule has 0 saturated carbocycles. The summed E-state index contributed by atoms with van der Waals surface area (Å²) in [6, 6.07) is 7.78. The molecule has 0 spiro atoms. The third kappa shape index (κ3) is 5.39. The zero-order valence-corrected chi connectivity index (χ0v) is 12.0. The van der Waals surface area contributed by atoms with E-state index < -0.39 is 0 Å². The summed E-state index contributed by atoms with van der Waals surface area (Å²) < 4.78 is 1.97. The number of carbonyl (C=O) groups excluding carboxylic acids is 1. The largest absolute Gasteiger partial charge is 0.392 e. The molecule has 2 N–H and O–H groups in total. The van der Waals surface area contributed by atoms with E-state index in [4.69, 9.17) is 5.11 Å². The molecule has 0 saturated heterocycles. The maximum atomic E-state index is 11.7. The minimum absolute atomic E-state index is 0.0634. The molecule has 0 bridgehead atoms. The Labute approximate surface area is 124 Å². The van der Waals surface area contributed by atoms with Crippen LogP contribution in [0.4, 0.5) is 0 Å². The van der Waals surface area contributed by atoms with Crippen LogP contribution in [0.25, 0.3) is 0 Å². The second-order valence-electron chi connectivity index (χ2n) is 4.98. The average Bonchev–Trinajstić information content (AvgIpc) is 3.01. The number of hydrogen-bond acceptors (Lipinski definition) is 3. The molecule has 0 unspecified atom stereocenters. The normalized spacial score (nSPS) is 10.5. The van der Waals surface area contributed by atoms with E-state index in [0.29, 0.717) is 13.0 Å². The van der Waals surface area contributed by atoms with Crippen LogP contribution in [0.5, 0.6) is 0 Å². The monoisotopic (exact) mass is 287 g/mol. The molecule has 112 valence electrons. The molecule has 2 rings (SSSR count). The van der Waals surface area contributed by atoms with Gasteiger partial charge in [-0.2, -0.15) is 0 Å². The van der Waals surface area contributed by atoms with Gasteiger partial charge in [-0.25, -0.2) is 4.98 Å². The van der Waals surface area contributed by atoms with Crippen molar-refractivity contribution in [3.05, 3.63) is 54.1 Å². The summed E-state index contributed by atoms with van der Waals surface area (Å²) in [5, 5.41) is 11.9. The number of aliphatic hydroxyl groups excluding tert-OH is 1. The first-order chi connectivity index (χ1) is 10.3. The predicted octanol–water partition coefficient (Wildman–Crippen LogP) is 1.51. The second-order valence-corrected chi connectivity index (χ2v) is 4.98. The third-order valence-corrected chi connectivity index (χ3v) is 3.32. The van der Waals surface area contributed by atoms with Gasteiger partial charge in [0, 0.05) is 31.9 Å². The molecular weight excluding hydrogens is 266 g/mol. The number of aliphatic hydroxyl groups is 1. The lowest BCUT2D eigenvalue weighted by molar-refractivity contribution is -0.121. The van der Waals surface area contributed by atoms with E-state index in [9.17, 15) is 4.79 Å². The summed E-state index contributed by atoms with van der Waals surface area (Å²) in [5.74, 6) is 0.0853. The lowest BCUT2D eigenvalue weighted by Crippen LogP contribution is -2.25. The van der Waals surface area contributed by atoms with Gasteiger partial charge in [0.2, 0.25) is 5.91 Å². The molecular formula is C16H21N3O2. The van der Waals surface area contributed by atoms with Gasteiger partial charge in [-0.15, -0.1) is 0 Å². The highest BCUT2D eigenvalue weighted by Gasteiger charge is 2.01. The Kier molecular flexibility index (Phi) is 5.97. The summed E-state index contributed by atoms with van der Waals surface area (Å²) >= 11 is 0. The van der Waals surface area contributed by atoms with Crippen molar-refractivity contribution in [3.63, 3.8) is 0 Å². The Hall–Kier alpha value is -2.14. The van der Waals surface area contributed by atoms with Crippen LogP contribution in [-0.4, -0.2) is 27.1 Å². The van der Waals surface area contributed by atoms with Crippen LogP contribution in [0.2, 0.25) is 0 Å². The fraction of sp³-hybridized carbons (Fsp3) is 0.375. The summed E-state index contributed by atoms with van der Waals surface area (Å²) in [5.41, 5.74) is 2.06. The van der Waals surface area contributed by atoms with Crippen LogP contribution < -0.4 is 5.32 Å². The van der Waals surface area contributed by atoms with E-state index in [1.54, 1.807) is 12.5 Å². The molecule has 21 heavy (non-hydrogen) atoms. The third-order valence-electron chi connectivity index (χ3n) is 3.32. The van der Waals surface area contributed by atoms with E-state index in [1.165, 1.54) is 0 Å². The van der Waals surface area contributed by atoms with Gasteiger partial charge >= 0.3 is 0 Å². The molecule has 0 aliphatic rings. The lowest BCUT2D eigenvalue weighted by Gasteiger charge is -2.06. The molecule has 5 nitrogen and oxygen atoms in total. The second kappa shape index (κ2) is 8.21. The Morgan fingerprint density at radius 1 is 1.24 bits per heavy atom. The van der Waals surface area contributed by atoms with Gasteiger partial charge in [0.1, 0.15) is 0 Å². The molecule has 0 aliphatic carbocycles. The van der Waals surface area contributed by atoms with E-state index >= 15 is 0 Å². The Balaban J connectivity index is 1.60. The van der Waals surface area contributed by atoms with Crippen molar-refractivity contribution in [3.8, 4) is 0 Å². The molecule has 1 amide bonds. The number of aryl methyl sites for hydroxylation is 1. The van der Waals surface area contributed by atoms with Crippen molar-refractivity contribution in [2.45, 2.75) is 32.4 Å². The van der Waals surface area contributed by atoms with Gasteiger partial charge in [0.15, 0.2) is 0 Å². The summed E-state index contributed by atoms with van der Waals surface area (Å²) in [6.07, 6.45) is 7.54. The van der Waals surface area contributed by atoms with Crippen molar-refractivity contribution in [1.29, 1.82) is 0 Å². The van der Waals surface area contributed by atoms with Crippen LogP contribution in [0, 0.1) is 0 Å². The number of amides is 1.